The van der Waals surface area contributed by atoms with Gasteiger partial charge in [0.1, 0.15) is 5.82 Å². The van der Waals surface area contributed by atoms with Gasteiger partial charge in [0.05, 0.1) is 0 Å². The van der Waals surface area contributed by atoms with Gasteiger partial charge >= 0.3 is 0 Å². The minimum Gasteiger partial charge on any atom is -0.355 e. The third-order valence-corrected chi connectivity index (χ3v) is 4.96. The largest absolute Gasteiger partial charge is 0.355 e. The van der Waals surface area contributed by atoms with Crippen LogP contribution in [0.25, 0.3) is 0 Å². The van der Waals surface area contributed by atoms with Gasteiger partial charge in [-0.05, 0) is 30.5 Å². The van der Waals surface area contributed by atoms with Gasteiger partial charge in [-0.2, -0.15) is 4.98 Å². The van der Waals surface area contributed by atoms with Crippen molar-refractivity contribution < 1.29 is 13.7 Å². The van der Waals surface area contributed by atoms with Crippen molar-refractivity contribution >= 4 is 5.91 Å². The van der Waals surface area contributed by atoms with Crippen LogP contribution in [0.4, 0.5) is 4.39 Å². The topological polar surface area (TPSA) is 68.0 Å². The highest BCUT2D eigenvalue weighted by Gasteiger charge is 2.38. The van der Waals surface area contributed by atoms with Crippen LogP contribution in [0.5, 0.6) is 0 Å². The molecule has 1 aliphatic rings. The zero-order chi connectivity index (χ0) is 17.9. The van der Waals surface area contributed by atoms with Gasteiger partial charge in [-0.25, -0.2) is 4.39 Å². The van der Waals surface area contributed by atoms with E-state index in [2.05, 4.69) is 15.5 Å². The standard InChI is InChI=1S/C19H24FN3O2/c1-13(2)18-22-17(25-23-18)9-8-16(24)21-12-19(10-3-11-19)14-4-6-15(20)7-5-14/h4-7,13H,3,8-12H2,1-2H3,(H,21,24). The van der Waals surface area contributed by atoms with Crippen LogP contribution in [0.3, 0.4) is 0 Å². The maximum absolute atomic E-state index is 13.1. The Morgan fingerprint density at radius 2 is 2.04 bits per heavy atom. The maximum atomic E-state index is 13.1. The number of carbonyl (C=O) groups is 1. The Labute approximate surface area is 147 Å². The molecule has 1 saturated carbocycles. The van der Waals surface area contributed by atoms with Gasteiger partial charge < -0.3 is 9.84 Å². The summed E-state index contributed by atoms with van der Waals surface area (Å²) in [6, 6.07) is 6.62. The first-order chi connectivity index (χ1) is 12.0. The summed E-state index contributed by atoms with van der Waals surface area (Å²) in [5, 5.41) is 6.92. The van der Waals surface area contributed by atoms with Crippen LogP contribution < -0.4 is 5.32 Å². The maximum Gasteiger partial charge on any atom is 0.227 e. The molecule has 1 fully saturated rings. The molecular formula is C19H24FN3O2. The van der Waals surface area contributed by atoms with E-state index >= 15 is 0 Å². The van der Waals surface area contributed by atoms with E-state index in [4.69, 9.17) is 4.52 Å². The van der Waals surface area contributed by atoms with E-state index in [1.807, 2.05) is 26.0 Å². The summed E-state index contributed by atoms with van der Waals surface area (Å²) < 4.78 is 18.3. The van der Waals surface area contributed by atoms with Crippen LogP contribution >= 0.6 is 0 Å². The second-order valence-corrected chi connectivity index (χ2v) is 7.12. The van der Waals surface area contributed by atoms with Crippen molar-refractivity contribution in [2.45, 2.75) is 57.3 Å². The molecule has 0 spiro atoms. The van der Waals surface area contributed by atoms with Gasteiger partial charge in [0, 0.05) is 30.7 Å². The lowest BCUT2D eigenvalue weighted by atomic mass is 9.64. The summed E-state index contributed by atoms with van der Waals surface area (Å²) in [5.74, 6) is 1.11. The summed E-state index contributed by atoms with van der Waals surface area (Å²) >= 11 is 0. The minimum atomic E-state index is -0.234. The van der Waals surface area contributed by atoms with E-state index in [-0.39, 0.29) is 23.1 Å². The normalized spacial score (nSPS) is 15.8. The second kappa shape index (κ2) is 7.33. The molecule has 6 heteroatoms. The summed E-state index contributed by atoms with van der Waals surface area (Å²) in [6.07, 6.45) is 3.92. The average molecular weight is 345 g/mol. The van der Waals surface area contributed by atoms with Gasteiger partial charge in [0.15, 0.2) is 5.82 Å². The highest BCUT2D eigenvalue weighted by atomic mass is 19.1. The summed E-state index contributed by atoms with van der Waals surface area (Å²) in [7, 11) is 0. The van der Waals surface area contributed by atoms with Crippen LogP contribution in [0.15, 0.2) is 28.8 Å². The number of hydrogen-bond donors (Lipinski definition) is 1. The van der Waals surface area contributed by atoms with Gasteiger partial charge in [-0.1, -0.05) is 37.6 Å². The fraction of sp³-hybridized carbons (Fsp3) is 0.526. The van der Waals surface area contributed by atoms with E-state index in [9.17, 15) is 9.18 Å². The summed E-state index contributed by atoms with van der Waals surface area (Å²) in [6.45, 7) is 4.57. The third kappa shape index (κ3) is 4.06. The van der Waals surface area contributed by atoms with Gasteiger partial charge in [0.2, 0.25) is 11.8 Å². The lowest BCUT2D eigenvalue weighted by Crippen LogP contribution is -2.45. The van der Waals surface area contributed by atoms with Crippen molar-refractivity contribution in [1.29, 1.82) is 0 Å². The van der Waals surface area contributed by atoms with Crippen LogP contribution in [0, 0.1) is 5.82 Å². The first-order valence-electron chi connectivity index (χ1n) is 8.84. The highest BCUT2D eigenvalue weighted by molar-refractivity contribution is 5.76. The van der Waals surface area contributed by atoms with Crippen LogP contribution in [0.1, 0.15) is 62.7 Å². The van der Waals surface area contributed by atoms with Gasteiger partial charge in [-0.3, -0.25) is 4.79 Å². The summed E-state index contributed by atoms with van der Waals surface area (Å²) in [4.78, 5) is 16.4. The molecular weight excluding hydrogens is 321 g/mol. The van der Waals surface area contributed by atoms with E-state index in [0.29, 0.717) is 31.1 Å². The van der Waals surface area contributed by atoms with E-state index in [0.717, 1.165) is 24.8 Å². The number of benzene rings is 1. The predicted octanol–water partition coefficient (Wildman–Crippen LogP) is 3.50. The lowest BCUT2D eigenvalue weighted by molar-refractivity contribution is -0.121. The number of rotatable bonds is 7. The van der Waals surface area contributed by atoms with E-state index < -0.39 is 0 Å². The molecule has 1 aromatic heterocycles. The Morgan fingerprint density at radius 1 is 1.32 bits per heavy atom. The molecule has 1 aliphatic carbocycles. The van der Waals surface area contributed by atoms with Crippen molar-refractivity contribution in [1.82, 2.24) is 15.5 Å². The highest BCUT2D eigenvalue weighted by Crippen LogP contribution is 2.43. The monoisotopic (exact) mass is 345 g/mol. The smallest absolute Gasteiger partial charge is 0.227 e. The number of nitrogens with one attached hydrogen (secondary N) is 1. The first-order valence-corrected chi connectivity index (χ1v) is 8.84. The molecule has 1 heterocycles. The SMILES string of the molecule is CC(C)c1noc(CCC(=O)NCC2(c3ccc(F)cc3)CCC2)n1. The number of nitrogens with zero attached hydrogens (tertiary/aromatic N) is 2. The molecule has 0 saturated heterocycles. The molecule has 5 nitrogen and oxygen atoms in total. The lowest BCUT2D eigenvalue weighted by Gasteiger charge is -2.42. The molecule has 0 unspecified atom stereocenters. The molecule has 0 bridgehead atoms. The Balaban J connectivity index is 1.51. The van der Waals surface area contributed by atoms with Crippen LogP contribution in [0.2, 0.25) is 0 Å². The number of hydrogen-bond acceptors (Lipinski definition) is 4. The third-order valence-electron chi connectivity index (χ3n) is 4.96. The van der Waals surface area contributed by atoms with Crippen molar-refractivity contribution in [3.63, 3.8) is 0 Å². The van der Waals surface area contributed by atoms with Crippen molar-refractivity contribution in [2.75, 3.05) is 6.54 Å². The Bertz CT molecular complexity index is 721. The molecule has 2 aromatic rings. The molecule has 1 N–H and O–H groups in total. The fourth-order valence-electron chi connectivity index (χ4n) is 3.16. The molecule has 1 amide bonds. The number of halogens is 1. The number of aryl methyl sites for hydroxylation is 1. The van der Waals surface area contributed by atoms with Crippen molar-refractivity contribution in [3.05, 3.63) is 47.4 Å². The Morgan fingerprint density at radius 3 is 2.60 bits per heavy atom. The molecule has 3 rings (SSSR count). The Hall–Kier alpha value is -2.24. The molecule has 1 aromatic carbocycles. The zero-order valence-corrected chi connectivity index (χ0v) is 14.7. The zero-order valence-electron chi connectivity index (χ0n) is 14.7. The average Bonchev–Trinajstić information content (AvgIpc) is 3.03. The van der Waals surface area contributed by atoms with Crippen molar-refractivity contribution in [3.8, 4) is 0 Å². The molecule has 25 heavy (non-hydrogen) atoms. The van der Waals surface area contributed by atoms with Crippen LogP contribution in [-0.2, 0) is 16.6 Å². The van der Waals surface area contributed by atoms with Gasteiger partial charge in [-0.15, -0.1) is 0 Å². The fourth-order valence-corrected chi connectivity index (χ4v) is 3.16. The number of carbonyl (C=O) groups excluding carboxylic acids is 1. The summed E-state index contributed by atoms with van der Waals surface area (Å²) in [5.41, 5.74) is 1.04. The number of aromatic nitrogens is 2. The Kier molecular flexibility index (Phi) is 5.16. The second-order valence-electron chi connectivity index (χ2n) is 7.12. The van der Waals surface area contributed by atoms with E-state index in [1.165, 1.54) is 12.1 Å². The predicted molar refractivity (Wildman–Crippen MR) is 91.6 cm³/mol. The molecule has 0 atom stereocenters. The van der Waals surface area contributed by atoms with Gasteiger partial charge in [0.25, 0.3) is 0 Å². The number of amides is 1. The molecule has 134 valence electrons. The van der Waals surface area contributed by atoms with Crippen molar-refractivity contribution in [2.24, 2.45) is 0 Å². The molecule has 0 aliphatic heterocycles. The molecule has 0 radical (unpaired) electrons. The van der Waals surface area contributed by atoms with Crippen LogP contribution in [-0.4, -0.2) is 22.6 Å². The quantitative estimate of drug-likeness (QED) is 0.834. The van der Waals surface area contributed by atoms with E-state index in [1.54, 1.807) is 0 Å². The first kappa shape index (κ1) is 17.6. The minimum absolute atomic E-state index is 0.0299.